The number of rotatable bonds is 6. The molecule has 8 heteroatoms. The Balaban J connectivity index is 1.88. The highest BCUT2D eigenvalue weighted by molar-refractivity contribution is 5.96. The number of alkyl halides is 3. The lowest BCUT2D eigenvalue weighted by atomic mass is 10.1. The molecule has 1 heterocycles. The summed E-state index contributed by atoms with van der Waals surface area (Å²) in [7, 11) is 1.78. The summed E-state index contributed by atoms with van der Waals surface area (Å²) in [6, 6.07) is 6.85. The Bertz CT molecular complexity index is 737. The molecular weight excluding hydrogens is 335 g/mol. The molecule has 5 nitrogen and oxygen atoms in total. The number of aryl methyl sites for hydroxylation is 2. The number of carbonyl (C=O) groups is 1. The summed E-state index contributed by atoms with van der Waals surface area (Å²) in [5.74, 6) is -0.208. The van der Waals surface area contributed by atoms with E-state index in [1.54, 1.807) is 42.9 Å². The Morgan fingerprint density at radius 1 is 1.20 bits per heavy atom. The van der Waals surface area contributed by atoms with Gasteiger partial charge in [-0.25, -0.2) is 0 Å². The monoisotopic (exact) mass is 355 g/mol. The van der Waals surface area contributed by atoms with Crippen LogP contribution in [0.5, 0.6) is 0 Å². The molecule has 2 rings (SSSR count). The van der Waals surface area contributed by atoms with Crippen molar-refractivity contribution in [3.05, 3.63) is 52.3 Å². The van der Waals surface area contributed by atoms with E-state index in [0.717, 1.165) is 11.3 Å². The highest BCUT2D eigenvalue weighted by Gasteiger charge is 2.27. The Morgan fingerprint density at radius 2 is 1.80 bits per heavy atom. The molecule has 0 atom stereocenters. The van der Waals surface area contributed by atoms with Crippen LogP contribution in [0.3, 0.4) is 0 Å². The summed E-state index contributed by atoms with van der Waals surface area (Å²) in [6.07, 6.45) is -4.33. The maximum absolute atomic E-state index is 12.3. The minimum Gasteiger partial charge on any atom is -0.367 e. The van der Waals surface area contributed by atoms with Crippen molar-refractivity contribution in [3.8, 4) is 0 Å². The molecule has 2 aromatic rings. The number of nitrogens with one attached hydrogen (secondary N) is 1. The van der Waals surface area contributed by atoms with E-state index in [-0.39, 0.29) is 12.5 Å². The molecule has 136 valence electrons. The van der Waals surface area contributed by atoms with Gasteiger partial charge < -0.3 is 10.1 Å². The number of aromatic nitrogens is 2. The Labute approximate surface area is 143 Å². The van der Waals surface area contributed by atoms with Crippen LogP contribution in [0.1, 0.15) is 32.9 Å². The first-order valence-electron chi connectivity index (χ1n) is 7.68. The van der Waals surface area contributed by atoms with Crippen LogP contribution in [0, 0.1) is 13.8 Å². The second kappa shape index (κ2) is 7.69. The standard InChI is InChI=1S/C17H20F3N3O2/c1-11-15(12(2)23(3)22-11)16(24)21-8-13-4-6-14(7-5-13)9-25-10-17(18,19)20/h4-7H,8-10H2,1-3H3,(H,21,24). The van der Waals surface area contributed by atoms with Gasteiger partial charge in [0.05, 0.1) is 17.9 Å². The van der Waals surface area contributed by atoms with Crippen LogP contribution in [-0.4, -0.2) is 28.5 Å². The molecule has 0 saturated heterocycles. The van der Waals surface area contributed by atoms with Gasteiger partial charge in [0.1, 0.15) is 6.61 Å². The van der Waals surface area contributed by atoms with Crippen molar-refractivity contribution in [1.29, 1.82) is 0 Å². The third-order valence-corrected chi connectivity index (χ3v) is 3.75. The predicted octanol–water partition coefficient (Wildman–Crippen LogP) is 3.05. The first-order chi connectivity index (χ1) is 11.7. The molecule has 0 saturated carbocycles. The van der Waals surface area contributed by atoms with Crippen LogP contribution in [0.15, 0.2) is 24.3 Å². The van der Waals surface area contributed by atoms with Crippen LogP contribution < -0.4 is 5.32 Å². The number of ether oxygens (including phenoxy) is 1. The Morgan fingerprint density at radius 3 is 2.32 bits per heavy atom. The molecule has 25 heavy (non-hydrogen) atoms. The van der Waals surface area contributed by atoms with Gasteiger partial charge in [-0.3, -0.25) is 9.48 Å². The number of amides is 1. The van der Waals surface area contributed by atoms with E-state index < -0.39 is 12.8 Å². The lowest BCUT2D eigenvalue weighted by Gasteiger charge is -2.09. The molecule has 1 amide bonds. The largest absolute Gasteiger partial charge is 0.411 e. The van der Waals surface area contributed by atoms with E-state index in [9.17, 15) is 18.0 Å². The summed E-state index contributed by atoms with van der Waals surface area (Å²) >= 11 is 0. The van der Waals surface area contributed by atoms with Gasteiger partial charge in [-0.2, -0.15) is 18.3 Å². The molecule has 0 spiro atoms. The van der Waals surface area contributed by atoms with Crippen molar-refractivity contribution in [2.45, 2.75) is 33.2 Å². The van der Waals surface area contributed by atoms with Gasteiger partial charge in [0.2, 0.25) is 0 Å². The normalized spacial score (nSPS) is 11.6. The smallest absolute Gasteiger partial charge is 0.367 e. The van der Waals surface area contributed by atoms with Gasteiger partial charge in [0.25, 0.3) is 5.91 Å². The quantitative estimate of drug-likeness (QED) is 0.867. The summed E-state index contributed by atoms with van der Waals surface area (Å²) in [6.45, 7) is 2.54. The maximum atomic E-state index is 12.3. The van der Waals surface area contributed by atoms with E-state index >= 15 is 0 Å². The highest BCUT2D eigenvalue weighted by atomic mass is 19.4. The van der Waals surface area contributed by atoms with E-state index in [4.69, 9.17) is 0 Å². The maximum Gasteiger partial charge on any atom is 0.411 e. The molecule has 0 fully saturated rings. The first kappa shape index (κ1) is 19.0. The fourth-order valence-corrected chi connectivity index (χ4v) is 2.41. The lowest BCUT2D eigenvalue weighted by molar-refractivity contribution is -0.176. The van der Waals surface area contributed by atoms with Crippen LogP contribution in [0.2, 0.25) is 0 Å². The van der Waals surface area contributed by atoms with Crippen molar-refractivity contribution in [2.75, 3.05) is 6.61 Å². The molecule has 0 aliphatic carbocycles. The van der Waals surface area contributed by atoms with Gasteiger partial charge in [0, 0.05) is 19.3 Å². The minimum absolute atomic E-state index is 0.111. The average Bonchev–Trinajstić information content (AvgIpc) is 2.78. The third-order valence-electron chi connectivity index (χ3n) is 3.75. The number of halogens is 3. The fraction of sp³-hybridized carbons (Fsp3) is 0.412. The minimum atomic E-state index is -4.33. The number of hydrogen-bond acceptors (Lipinski definition) is 3. The predicted molar refractivity (Wildman–Crippen MR) is 86.0 cm³/mol. The van der Waals surface area contributed by atoms with Crippen molar-refractivity contribution >= 4 is 5.91 Å². The molecular formula is C17H20F3N3O2. The van der Waals surface area contributed by atoms with Crippen molar-refractivity contribution in [2.24, 2.45) is 7.05 Å². The first-order valence-corrected chi connectivity index (χ1v) is 7.68. The van der Waals surface area contributed by atoms with Crippen molar-refractivity contribution < 1.29 is 22.7 Å². The van der Waals surface area contributed by atoms with Gasteiger partial charge >= 0.3 is 6.18 Å². The van der Waals surface area contributed by atoms with Crippen molar-refractivity contribution in [1.82, 2.24) is 15.1 Å². The molecule has 0 aliphatic rings. The Kier molecular flexibility index (Phi) is 5.84. The Hall–Kier alpha value is -2.35. The van der Waals surface area contributed by atoms with Gasteiger partial charge in [-0.1, -0.05) is 24.3 Å². The molecule has 0 radical (unpaired) electrons. The van der Waals surface area contributed by atoms with Gasteiger partial charge in [0.15, 0.2) is 0 Å². The van der Waals surface area contributed by atoms with Crippen LogP contribution in [0.4, 0.5) is 13.2 Å². The summed E-state index contributed by atoms with van der Waals surface area (Å²) in [5, 5.41) is 7.03. The average molecular weight is 355 g/mol. The van der Waals surface area contributed by atoms with Gasteiger partial charge in [-0.15, -0.1) is 0 Å². The molecule has 1 N–H and O–H groups in total. The summed E-state index contributed by atoms with van der Waals surface area (Å²) in [5.41, 5.74) is 3.48. The SMILES string of the molecule is Cc1nn(C)c(C)c1C(=O)NCc1ccc(COCC(F)(F)F)cc1. The summed E-state index contributed by atoms with van der Waals surface area (Å²) in [4.78, 5) is 12.3. The lowest BCUT2D eigenvalue weighted by Crippen LogP contribution is -2.24. The van der Waals surface area contributed by atoms with Crippen LogP contribution >= 0.6 is 0 Å². The number of benzene rings is 1. The zero-order valence-electron chi connectivity index (χ0n) is 14.3. The number of nitrogens with zero attached hydrogens (tertiary/aromatic N) is 2. The summed E-state index contributed by atoms with van der Waals surface area (Å²) < 4.78 is 42.3. The van der Waals surface area contributed by atoms with Crippen LogP contribution in [-0.2, 0) is 24.9 Å². The number of hydrogen-bond donors (Lipinski definition) is 1. The zero-order chi connectivity index (χ0) is 18.6. The molecule has 1 aromatic carbocycles. The van der Waals surface area contributed by atoms with Crippen LogP contribution in [0.25, 0.3) is 0 Å². The fourth-order valence-electron chi connectivity index (χ4n) is 2.41. The van der Waals surface area contributed by atoms with E-state index in [0.29, 0.717) is 23.4 Å². The topological polar surface area (TPSA) is 56.2 Å². The number of carbonyl (C=O) groups excluding carboxylic acids is 1. The molecule has 0 bridgehead atoms. The van der Waals surface area contributed by atoms with Crippen molar-refractivity contribution in [3.63, 3.8) is 0 Å². The van der Waals surface area contributed by atoms with Gasteiger partial charge in [-0.05, 0) is 25.0 Å². The van der Waals surface area contributed by atoms with E-state index in [2.05, 4.69) is 15.2 Å². The second-order valence-corrected chi connectivity index (χ2v) is 5.78. The molecule has 0 unspecified atom stereocenters. The third kappa shape index (κ3) is 5.32. The zero-order valence-corrected chi connectivity index (χ0v) is 14.3. The van der Waals surface area contributed by atoms with E-state index in [1.807, 2.05) is 6.92 Å². The second-order valence-electron chi connectivity index (χ2n) is 5.78. The van der Waals surface area contributed by atoms with E-state index in [1.165, 1.54) is 0 Å². The molecule has 1 aromatic heterocycles. The highest BCUT2D eigenvalue weighted by Crippen LogP contribution is 2.16. The molecule has 0 aliphatic heterocycles.